The van der Waals surface area contributed by atoms with Crippen LogP contribution in [0.5, 0.6) is 0 Å². The summed E-state index contributed by atoms with van der Waals surface area (Å²) in [5.41, 5.74) is 0. The van der Waals surface area contributed by atoms with Crippen LogP contribution in [0.4, 0.5) is 0 Å². The van der Waals surface area contributed by atoms with Gasteiger partial charge in [0.15, 0.2) is 6.54 Å². The molecule has 1 saturated heterocycles. The number of hydrogen-bond acceptors (Lipinski definition) is 9. The number of thioether (sulfide) groups is 2. The molecule has 0 aromatic carbocycles. The summed E-state index contributed by atoms with van der Waals surface area (Å²) >= 11 is 3.41. The van der Waals surface area contributed by atoms with E-state index in [2.05, 4.69) is 9.48 Å². The molecule has 0 aliphatic carbocycles. The summed E-state index contributed by atoms with van der Waals surface area (Å²) in [6.07, 6.45) is 14.2. The maximum atomic E-state index is 10.7. The fourth-order valence-electron chi connectivity index (χ4n) is 3.01. The van der Waals surface area contributed by atoms with Gasteiger partial charge in [0.1, 0.15) is 6.54 Å². The average molecular weight is 531 g/mol. The van der Waals surface area contributed by atoms with E-state index in [-0.39, 0.29) is 41.1 Å². The van der Waals surface area contributed by atoms with Crippen molar-refractivity contribution in [1.82, 2.24) is 4.90 Å². The first kappa shape index (κ1) is 30.0. The molecule has 0 saturated carbocycles. The van der Waals surface area contributed by atoms with Crippen LogP contribution in [0, 0.1) is 0 Å². The van der Waals surface area contributed by atoms with E-state index in [0.717, 1.165) is 34.7 Å². The van der Waals surface area contributed by atoms with Crippen molar-refractivity contribution in [3.05, 3.63) is 47.6 Å². The second-order valence-electron chi connectivity index (χ2n) is 6.87. The van der Waals surface area contributed by atoms with Crippen LogP contribution in [-0.4, -0.2) is 89.7 Å². The molecule has 0 aromatic rings. The molecule has 0 radical (unpaired) electrons. The molecule has 0 amide bonds. The van der Waals surface area contributed by atoms with Gasteiger partial charge in [-0.1, -0.05) is 42.1 Å². The average Bonchev–Trinajstić information content (AvgIpc) is 3.28. The van der Waals surface area contributed by atoms with Crippen LogP contribution >= 0.6 is 23.5 Å². The Labute approximate surface area is 221 Å². The van der Waals surface area contributed by atoms with E-state index in [1.165, 1.54) is 0 Å². The Kier molecular flexibility index (Phi) is 14.1. The topological polar surface area (TPSA) is 121 Å². The van der Waals surface area contributed by atoms with Gasteiger partial charge >= 0.3 is 29.6 Å². The monoisotopic (exact) mass is 530 g/mol. The Hall–Kier alpha value is -0.0500. The Bertz CT molecular complexity index is 972. The predicted octanol–water partition coefficient (Wildman–Crippen LogP) is -1.42. The molecule has 2 rings (SSSR count). The standard InChI is InChI=1S/C19H28N2O6S4.Na/c22-30(23,24)16-6-10-20-12-14-28-18(20)8-4-2-1-3-5-9-19-21(13-15-29-19)11-7-17-31(25,26)27;/h1-5,8-9H,6-7,10-17H2,(H-,22,23,24,25,26,27);/q;+1/p-1. The van der Waals surface area contributed by atoms with Crippen molar-refractivity contribution in [3.8, 4) is 0 Å². The molecule has 13 heteroatoms. The molecular weight excluding hydrogens is 503 g/mol. The predicted molar refractivity (Wildman–Crippen MR) is 125 cm³/mol. The Balaban J connectivity index is 0.00000512. The smallest absolute Gasteiger partial charge is 0.748 e. The van der Waals surface area contributed by atoms with Gasteiger partial charge in [-0.15, -0.1) is 11.8 Å². The molecule has 0 atom stereocenters. The quantitative estimate of drug-likeness (QED) is 0.130. The third-order valence-electron chi connectivity index (χ3n) is 4.41. The molecular formula is C19H27N2NaO6S4. The maximum Gasteiger partial charge on any atom is 1.00 e. The van der Waals surface area contributed by atoms with Crippen LogP contribution in [0.2, 0.25) is 0 Å². The largest absolute Gasteiger partial charge is 1.00 e. The third-order valence-corrected chi connectivity index (χ3v) is 8.14. The number of allylic oxidation sites excluding steroid dienone is 6. The first-order valence-electron chi connectivity index (χ1n) is 9.85. The van der Waals surface area contributed by atoms with Crippen molar-refractivity contribution in [2.45, 2.75) is 12.8 Å². The first-order valence-corrected chi connectivity index (χ1v) is 15.0. The molecule has 0 spiro atoms. The second kappa shape index (κ2) is 15.0. The minimum absolute atomic E-state index is 0. The Morgan fingerprint density at radius 2 is 1.56 bits per heavy atom. The van der Waals surface area contributed by atoms with Gasteiger partial charge in [0, 0.05) is 42.8 Å². The Morgan fingerprint density at radius 1 is 0.906 bits per heavy atom. The summed E-state index contributed by atoms with van der Waals surface area (Å²) in [6, 6.07) is 0. The minimum atomic E-state index is -4.16. The SMILES string of the molecule is O=S(=O)([O-])CCCN1CCSC1=CC=CC=CC=CC1=[N+](CCCS(=O)(=O)[O-])CCS1.[Na+]. The summed E-state index contributed by atoms with van der Waals surface area (Å²) in [5.74, 6) is 1.21. The zero-order valence-electron chi connectivity index (χ0n) is 18.1. The minimum Gasteiger partial charge on any atom is -0.748 e. The van der Waals surface area contributed by atoms with Crippen LogP contribution in [0.3, 0.4) is 0 Å². The van der Waals surface area contributed by atoms with Gasteiger partial charge in [-0.2, -0.15) is 0 Å². The van der Waals surface area contributed by atoms with Crippen LogP contribution in [0.15, 0.2) is 47.6 Å². The second-order valence-corrected chi connectivity index (χ2v) is 12.2. The molecule has 2 aliphatic rings. The molecule has 0 unspecified atom stereocenters. The molecule has 0 bridgehead atoms. The summed E-state index contributed by atoms with van der Waals surface area (Å²) < 4.78 is 66.4. The number of nitrogens with zero attached hydrogens (tertiary/aromatic N) is 2. The van der Waals surface area contributed by atoms with Crippen molar-refractivity contribution in [3.63, 3.8) is 0 Å². The van der Waals surface area contributed by atoms with E-state index >= 15 is 0 Å². The van der Waals surface area contributed by atoms with Crippen LogP contribution in [-0.2, 0) is 20.2 Å². The van der Waals surface area contributed by atoms with Gasteiger partial charge in [-0.05, 0) is 12.5 Å². The molecule has 2 aliphatic heterocycles. The molecule has 2 heterocycles. The summed E-state index contributed by atoms with van der Waals surface area (Å²) in [6.45, 7) is 2.80. The zero-order chi connectivity index (χ0) is 22.7. The van der Waals surface area contributed by atoms with Gasteiger partial charge in [-0.25, -0.2) is 21.4 Å². The van der Waals surface area contributed by atoms with E-state index in [9.17, 15) is 25.9 Å². The van der Waals surface area contributed by atoms with Crippen LogP contribution in [0.25, 0.3) is 0 Å². The van der Waals surface area contributed by atoms with Crippen LogP contribution < -0.4 is 29.6 Å². The van der Waals surface area contributed by atoms with Crippen LogP contribution in [0.1, 0.15) is 12.8 Å². The van der Waals surface area contributed by atoms with E-state index < -0.39 is 20.2 Å². The normalized spacial score (nSPS) is 19.3. The fraction of sp³-hybridized carbons (Fsp3) is 0.526. The van der Waals surface area contributed by atoms with Gasteiger partial charge in [0.25, 0.3) is 0 Å². The molecule has 32 heavy (non-hydrogen) atoms. The van der Waals surface area contributed by atoms with Gasteiger partial charge in [0.2, 0.25) is 5.04 Å². The maximum absolute atomic E-state index is 10.7. The number of rotatable bonds is 12. The first-order chi connectivity index (χ1) is 14.6. The molecule has 0 N–H and O–H groups in total. The number of hydrogen-bond donors (Lipinski definition) is 0. The Morgan fingerprint density at radius 3 is 2.28 bits per heavy atom. The van der Waals surface area contributed by atoms with Crippen molar-refractivity contribution in [2.75, 3.05) is 49.2 Å². The van der Waals surface area contributed by atoms with E-state index in [1.807, 2.05) is 42.5 Å². The summed E-state index contributed by atoms with van der Waals surface area (Å²) in [4.78, 5) is 2.09. The van der Waals surface area contributed by atoms with Gasteiger partial charge < -0.3 is 14.0 Å². The van der Waals surface area contributed by atoms with E-state index in [0.29, 0.717) is 25.9 Å². The van der Waals surface area contributed by atoms with E-state index in [4.69, 9.17) is 0 Å². The van der Waals surface area contributed by atoms with Crippen molar-refractivity contribution in [1.29, 1.82) is 0 Å². The van der Waals surface area contributed by atoms with Crippen molar-refractivity contribution >= 4 is 48.8 Å². The molecule has 8 nitrogen and oxygen atoms in total. The summed E-state index contributed by atoms with van der Waals surface area (Å²) in [5, 5.41) is 2.13. The molecule has 0 aromatic heterocycles. The zero-order valence-corrected chi connectivity index (χ0v) is 23.4. The fourth-order valence-corrected chi connectivity index (χ4v) is 6.09. The van der Waals surface area contributed by atoms with Crippen molar-refractivity contribution in [2.24, 2.45) is 0 Å². The van der Waals surface area contributed by atoms with Gasteiger partial charge in [0.05, 0.1) is 31.0 Å². The third kappa shape index (κ3) is 13.0. The molecule has 1 fully saturated rings. The summed E-state index contributed by atoms with van der Waals surface area (Å²) in [7, 11) is -8.32. The van der Waals surface area contributed by atoms with E-state index in [1.54, 1.807) is 23.5 Å². The molecule has 174 valence electrons. The van der Waals surface area contributed by atoms with Gasteiger partial charge in [-0.3, -0.25) is 0 Å². The van der Waals surface area contributed by atoms with Crippen molar-refractivity contribution < 1.29 is 60.1 Å².